The number of nitrogens with zero attached hydrogens (tertiary/aromatic N) is 2. The van der Waals surface area contributed by atoms with Crippen molar-refractivity contribution in [3.8, 4) is 0 Å². The number of benzene rings is 1. The molecule has 3 rings (SSSR count). The summed E-state index contributed by atoms with van der Waals surface area (Å²) in [5.74, 6) is 0. The molecule has 0 fully saturated rings. The van der Waals surface area contributed by atoms with Crippen LogP contribution < -0.4 is 11.5 Å². The Bertz CT molecular complexity index is 529. The fraction of sp³-hybridized carbons (Fsp3) is 0.667. The van der Waals surface area contributed by atoms with E-state index in [2.05, 4.69) is 70.1 Å². The molecule has 140 valence electrons. The summed E-state index contributed by atoms with van der Waals surface area (Å²) in [6.07, 6.45) is 3.96. The van der Waals surface area contributed by atoms with Gasteiger partial charge in [-0.05, 0) is 90.5 Å². The number of nitrogen functional groups attached to an aromatic ring is 2. The molecule has 0 saturated heterocycles. The van der Waals surface area contributed by atoms with Gasteiger partial charge in [-0.25, -0.2) is 0 Å². The highest BCUT2D eigenvalue weighted by molar-refractivity contribution is 5.60. The summed E-state index contributed by atoms with van der Waals surface area (Å²) in [5.41, 5.74) is 16.7. The van der Waals surface area contributed by atoms with Crippen LogP contribution in [0.1, 0.15) is 65.5 Å². The van der Waals surface area contributed by atoms with Gasteiger partial charge < -0.3 is 11.5 Å². The summed E-state index contributed by atoms with van der Waals surface area (Å²) in [7, 11) is 0. The van der Waals surface area contributed by atoms with Crippen molar-refractivity contribution >= 4 is 11.4 Å². The minimum absolute atomic E-state index is 0.0392. The van der Waals surface area contributed by atoms with Crippen molar-refractivity contribution in [3.63, 3.8) is 0 Å². The Morgan fingerprint density at radius 2 is 1.12 bits per heavy atom. The molecule has 1 aromatic rings. The van der Waals surface area contributed by atoms with Crippen molar-refractivity contribution in [2.24, 2.45) is 0 Å². The van der Waals surface area contributed by atoms with Gasteiger partial charge in [0, 0.05) is 35.5 Å². The van der Waals surface area contributed by atoms with E-state index in [-0.39, 0.29) is 11.1 Å². The van der Waals surface area contributed by atoms with Crippen molar-refractivity contribution in [2.75, 3.05) is 24.6 Å². The Balaban J connectivity index is 2.30. The Morgan fingerprint density at radius 1 is 0.760 bits per heavy atom. The SMILES string of the molecule is CC(C)(C)N1[C]N(C(C)(C)C)CCCc2cc(N)c(cc2N)CCC1. The van der Waals surface area contributed by atoms with E-state index in [1.54, 1.807) is 0 Å². The van der Waals surface area contributed by atoms with E-state index in [9.17, 15) is 0 Å². The number of hydrogen-bond donors (Lipinski definition) is 2. The lowest BCUT2D eigenvalue weighted by Crippen LogP contribution is -2.50. The largest absolute Gasteiger partial charge is 0.398 e. The minimum atomic E-state index is 0.0392. The van der Waals surface area contributed by atoms with E-state index < -0.39 is 0 Å². The number of hydrogen-bond acceptors (Lipinski definition) is 4. The molecule has 0 atom stereocenters. The molecule has 0 aliphatic carbocycles. The van der Waals surface area contributed by atoms with E-state index in [1.807, 2.05) is 0 Å². The Hall–Kier alpha value is -1.26. The molecule has 4 N–H and O–H groups in total. The van der Waals surface area contributed by atoms with Gasteiger partial charge in [-0.2, -0.15) is 0 Å². The number of aryl methyl sites for hydroxylation is 2. The first-order valence-corrected chi connectivity index (χ1v) is 9.47. The molecule has 2 aliphatic heterocycles. The van der Waals surface area contributed by atoms with E-state index in [0.29, 0.717) is 0 Å². The van der Waals surface area contributed by atoms with Gasteiger partial charge >= 0.3 is 0 Å². The Kier molecular flexibility index (Phi) is 6.05. The zero-order valence-corrected chi connectivity index (χ0v) is 16.9. The maximum Gasteiger partial charge on any atom is 0.147 e. The van der Waals surface area contributed by atoms with Gasteiger partial charge in [0.05, 0.1) is 0 Å². The van der Waals surface area contributed by atoms with Crippen LogP contribution in [0, 0.1) is 6.67 Å². The second-order valence-corrected chi connectivity index (χ2v) is 9.20. The standard InChI is InChI=1S/C21H36N4/c1-20(2,3)24-11-7-9-16-13-19(23)17(14-18(16)22)10-8-12-25(15-24)21(4,5)6/h13-14H,7-12,22-23H2,1-6H3. The van der Waals surface area contributed by atoms with Crippen molar-refractivity contribution in [2.45, 2.75) is 78.3 Å². The highest BCUT2D eigenvalue weighted by Crippen LogP contribution is 2.27. The average molecular weight is 345 g/mol. The molecule has 2 heterocycles. The molecule has 0 amide bonds. The first-order valence-electron chi connectivity index (χ1n) is 9.47. The molecule has 0 unspecified atom stereocenters. The first-order chi connectivity index (χ1) is 11.5. The van der Waals surface area contributed by atoms with Crippen LogP contribution in [0.15, 0.2) is 12.1 Å². The average Bonchev–Trinajstić information content (AvgIpc) is 2.48. The van der Waals surface area contributed by atoms with Crippen LogP contribution in [-0.4, -0.2) is 34.0 Å². The molecule has 2 bridgehead atoms. The molecule has 1 aromatic carbocycles. The van der Waals surface area contributed by atoms with E-state index in [4.69, 9.17) is 11.5 Å². The van der Waals surface area contributed by atoms with Gasteiger partial charge in [0.1, 0.15) is 6.67 Å². The fourth-order valence-corrected chi connectivity index (χ4v) is 3.23. The normalized spacial score (nSPS) is 19.3. The van der Waals surface area contributed by atoms with Crippen LogP contribution >= 0.6 is 0 Å². The van der Waals surface area contributed by atoms with Gasteiger partial charge in [0.2, 0.25) is 0 Å². The van der Waals surface area contributed by atoms with Gasteiger partial charge in [0.15, 0.2) is 0 Å². The monoisotopic (exact) mass is 344 g/mol. The summed E-state index contributed by atoms with van der Waals surface area (Å²) in [5, 5.41) is 0. The maximum atomic E-state index is 6.28. The van der Waals surface area contributed by atoms with Crippen LogP contribution in [0.3, 0.4) is 0 Å². The van der Waals surface area contributed by atoms with Gasteiger partial charge in [-0.15, -0.1) is 0 Å². The van der Waals surface area contributed by atoms with Crippen molar-refractivity contribution in [1.82, 2.24) is 9.80 Å². The maximum absolute atomic E-state index is 6.28. The Labute approximate surface area is 154 Å². The number of rotatable bonds is 0. The third-order valence-corrected chi connectivity index (χ3v) is 4.92. The summed E-state index contributed by atoms with van der Waals surface area (Å²) in [6.45, 7) is 19.1. The van der Waals surface area contributed by atoms with Crippen LogP contribution in [-0.2, 0) is 12.8 Å². The smallest absolute Gasteiger partial charge is 0.147 e. The molecular weight excluding hydrogens is 308 g/mol. The molecule has 0 aromatic heterocycles. The van der Waals surface area contributed by atoms with E-state index in [1.165, 1.54) is 11.1 Å². The Morgan fingerprint density at radius 3 is 1.44 bits per heavy atom. The van der Waals surface area contributed by atoms with Gasteiger partial charge in [-0.3, -0.25) is 9.80 Å². The lowest BCUT2D eigenvalue weighted by atomic mass is 9.99. The molecule has 0 saturated carbocycles. The zero-order chi connectivity index (χ0) is 18.8. The molecule has 25 heavy (non-hydrogen) atoms. The molecule has 2 aliphatic rings. The van der Waals surface area contributed by atoms with Crippen LogP contribution in [0.2, 0.25) is 0 Å². The minimum Gasteiger partial charge on any atom is -0.398 e. The zero-order valence-electron chi connectivity index (χ0n) is 16.9. The quantitative estimate of drug-likeness (QED) is 0.700. The van der Waals surface area contributed by atoms with Crippen molar-refractivity contribution < 1.29 is 0 Å². The van der Waals surface area contributed by atoms with Gasteiger partial charge in [0.25, 0.3) is 0 Å². The van der Waals surface area contributed by atoms with Crippen LogP contribution in [0.25, 0.3) is 0 Å². The predicted molar refractivity (Wildman–Crippen MR) is 108 cm³/mol. The summed E-state index contributed by atoms with van der Waals surface area (Å²) in [6, 6.07) is 4.16. The molecule has 4 nitrogen and oxygen atoms in total. The lowest BCUT2D eigenvalue weighted by molar-refractivity contribution is 0.0615. The van der Waals surface area contributed by atoms with E-state index >= 15 is 0 Å². The second kappa shape index (κ2) is 7.55. The summed E-state index contributed by atoms with van der Waals surface area (Å²) >= 11 is 0. The van der Waals surface area contributed by atoms with Crippen molar-refractivity contribution in [3.05, 3.63) is 29.9 Å². The highest BCUT2D eigenvalue weighted by atomic mass is 15.4. The van der Waals surface area contributed by atoms with E-state index in [0.717, 1.165) is 50.1 Å². The van der Waals surface area contributed by atoms with Crippen molar-refractivity contribution in [1.29, 1.82) is 0 Å². The molecule has 4 heteroatoms. The topological polar surface area (TPSA) is 58.5 Å². The molecular formula is C21H36N4. The number of nitrogens with two attached hydrogens (primary N) is 2. The number of fused-ring (bicyclic) bond motifs is 10. The number of anilines is 2. The first kappa shape index (κ1) is 20.1. The van der Waals surface area contributed by atoms with Crippen LogP contribution in [0.5, 0.6) is 0 Å². The summed E-state index contributed by atoms with van der Waals surface area (Å²) in [4.78, 5) is 4.70. The molecule has 2 radical (unpaired) electrons. The third-order valence-electron chi connectivity index (χ3n) is 4.92. The third kappa shape index (κ3) is 5.35. The van der Waals surface area contributed by atoms with Crippen LogP contribution in [0.4, 0.5) is 11.4 Å². The van der Waals surface area contributed by atoms with Gasteiger partial charge in [-0.1, -0.05) is 0 Å². The lowest BCUT2D eigenvalue weighted by Gasteiger charge is -2.43. The highest BCUT2D eigenvalue weighted by Gasteiger charge is 2.29. The molecule has 0 spiro atoms. The fourth-order valence-electron chi connectivity index (χ4n) is 3.23. The summed E-state index contributed by atoms with van der Waals surface area (Å²) < 4.78 is 0. The predicted octanol–water partition coefficient (Wildman–Crippen LogP) is 3.93. The second-order valence-electron chi connectivity index (χ2n) is 9.20.